The Bertz CT molecular complexity index is 297. The Balaban J connectivity index is 1.65. The summed E-state index contributed by atoms with van der Waals surface area (Å²) in [5.41, 5.74) is 0.276. The van der Waals surface area contributed by atoms with Crippen molar-refractivity contribution in [3.05, 3.63) is 0 Å². The van der Waals surface area contributed by atoms with Gasteiger partial charge >= 0.3 is 0 Å². The van der Waals surface area contributed by atoms with Crippen LogP contribution in [0.25, 0.3) is 0 Å². The predicted octanol–water partition coefficient (Wildman–Crippen LogP) is 3.99. The standard InChI is InChI=1S/C17H31NOS/c1-2-10-18-16(15-6-5-12-20-15)14-7-11-19-17(13-14)8-3-4-9-17/h14-16,18H,2-13H2,1H3. The lowest BCUT2D eigenvalue weighted by Gasteiger charge is -2.43. The lowest BCUT2D eigenvalue weighted by molar-refractivity contribution is -0.0979. The normalized spacial score (nSPS) is 34.6. The Morgan fingerprint density at radius 2 is 2.10 bits per heavy atom. The van der Waals surface area contributed by atoms with Gasteiger partial charge < -0.3 is 10.1 Å². The second kappa shape index (κ2) is 7.02. The molecule has 0 amide bonds. The summed E-state index contributed by atoms with van der Waals surface area (Å²) in [5.74, 6) is 2.23. The minimum Gasteiger partial charge on any atom is -0.375 e. The molecular weight excluding hydrogens is 266 g/mol. The van der Waals surface area contributed by atoms with Crippen molar-refractivity contribution < 1.29 is 4.74 Å². The van der Waals surface area contributed by atoms with Crippen LogP contribution in [0.15, 0.2) is 0 Å². The fourth-order valence-electron chi connectivity index (χ4n) is 4.54. The monoisotopic (exact) mass is 297 g/mol. The summed E-state index contributed by atoms with van der Waals surface area (Å²) >= 11 is 2.22. The summed E-state index contributed by atoms with van der Waals surface area (Å²) in [6, 6.07) is 0.740. The first-order valence-corrected chi connectivity index (χ1v) is 9.87. The van der Waals surface area contributed by atoms with E-state index in [4.69, 9.17) is 4.74 Å². The second-order valence-corrected chi connectivity index (χ2v) is 8.37. The van der Waals surface area contributed by atoms with E-state index in [1.54, 1.807) is 0 Å². The fraction of sp³-hybridized carbons (Fsp3) is 1.00. The van der Waals surface area contributed by atoms with Crippen LogP contribution in [-0.2, 0) is 4.74 Å². The number of hydrogen-bond donors (Lipinski definition) is 1. The summed E-state index contributed by atoms with van der Waals surface area (Å²) in [4.78, 5) is 0. The molecule has 0 bridgehead atoms. The van der Waals surface area contributed by atoms with Crippen molar-refractivity contribution in [3.63, 3.8) is 0 Å². The molecule has 116 valence electrons. The maximum atomic E-state index is 6.24. The predicted molar refractivity (Wildman–Crippen MR) is 87.4 cm³/mol. The third-order valence-corrected chi connectivity index (χ3v) is 7.03. The molecule has 3 heteroatoms. The van der Waals surface area contributed by atoms with Crippen LogP contribution in [0.2, 0.25) is 0 Å². The van der Waals surface area contributed by atoms with Gasteiger partial charge in [0, 0.05) is 17.9 Å². The highest BCUT2D eigenvalue weighted by atomic mass is 32.2. The maximum absolute atomic E-state index is 6.24. The summed E-state index contributed by atoms with van der Waals surface area (Å²) in [7, 11) is 0. The molecular formula is C17H31NOS. The molecule has 2 nitrogen and oxygen atoms in total. The lowest BCUT2D eigenvalue weighted by atomic mass is 9.79. The fourth-order valence-corrected chi connectivity index (χ4v) is 6.03. The van der Waals surface area contributed by atoms with Gasteiger partial charge in [-0.1, -0.05) is 19.8 Å². The summed E-state index contributed by atoms with van der Waals surface area (Å²) in [6.07, 6.45) is 12.1. The van der Waals surface area contributed by atoms with Crippen molar-refractivity contribution in [1.29, 1.82) is 0 Å². The number of nitrogens with one attached hydrogen (secondary N) is 1. The molecule has 3 unspecified atom stereocenters. The zero-order valence-corrected chi connectivity index (χ0v) is 13.9. The maximum Gasteiger partial charge on any atom is 0.0685 e. The molecule has 2 saturated heterocycles. The zero-order chi connectivity index (χ0) is 13.8. The third kappa shape index (κ3) is 3.36. The van der Waals surface area contributed by atoms with Gasteiger partial charge in [-0.3, -0.25) is 0 Å². The second-order valence-electron chi connectivity index (χ2n) is 7.02. The molecule has 3 aliphatic rings. The van der Waals surface area contributed by atoms with Gasteiger partial charge in [-0.15, -0.1) is 0 Å². The van der Waals surface area contributed by atoms with E-state index >= 15 is 0 Å². The molecule has 0 aromatic heterocycles. The van der Waals surface area contributed by atoms with Crippen molar-refractivity contribution in [3.8, 4) is 0 Å². The molecule has 2 heterocycles. The van der Waals surface area contributed by atoms with Crippen LogP contribution in [0.1, 0.15) is 64.7 Å². The van der Waals surface area contributed by atoms with Gasteiger partial charge in [-0.2, -0.15) is 11.8 Å². The smallest absolute Gasteiger partial charge is 0.0685 e. The van der Waals surface area contributed by atoms with Crippen LogP contribution in [0.3, 0.4) is 0 Å². The molecule has 0 aromatic rings. The van der Waals surface area contributed by atoms with Gasteiger partial charge in [0.15, 0.2) is 0 Å². The number of ether oxygens (including phenoxy) is 1. The van der Waals surface area contributed by atoms with Crippen LogP contribution in [0.4, 0.5) is 0 Å². The van der Waals surface area contributed by atoms with Crippen molar-refractivity contribution in [2.24, 2.45) is 5.92 Å². The van der Waals surface area contributed by atoms with Crippen LogP contribution < -0.4 is 5.32 Å². The average Bonchev–Trinajstić information content (AvgIpc) is 3.12. The van der Waals surface area contributed by atoms with Gasteiger partial charge in [-0.05, 0) is 63.2 Å². The molecule has 3 rings (SSSR count). The molecule has 0 radical (unpaired) electrons. The van der Waals surface area contributed by atoms with E-state index in [-0.39, 0.29) is 5.60 Å². The summed E-state index contributed by atoms with van der Waals surface area (Å²) in [6.45, 7) is 4.48. The topological polar surface area (TPSA) is 21.3 Å². The quantitative estimate of drug-likeness (QED) is 0.829. The molecule has 1 saturated carbocycles. The Kier molecular flexibility index (Phi) is 5.33. The van der Waals surface area contributed by atoms with Crippen LogP contribution in [-0.4, -0.2) is 35.8 Å². The summed E-state index contributed by atoms with van der Waals surface area (Å²) < 4.78 is 6.24. The third-order valence-electron chi connectivity index (χ3n) is 5.55. The highest BCUT2D eigenvalue weighted by Crippen LogP contribution is 2.45. The largest absolute Gasteiger partial charge is 0.375 e. The van der Waals surface area contributed by atoms with Gasteiger partial charge in [-0.25, -0.2) is 0 Å². The molecule has 2 aliphatic heterocycles. The van der Waals surface area contributed by atoms with Crippen molar-refractivity contribution in [1.82, 2.24) is 5.32 Å². The average molecular weight is 298 g/mol. The molecule has 0 aromatic carbocycles. The number of thioether (sulfide) groups is 1. The van der Waals surface area contributed by atoms with Crippen molar-refractivity contribution in [2.45, 2.75) is 81.6 Å². The SMILES string of the molecule is CCCNC(C1CCOC2(CCCC2)C1)C1CCCS1. The van der Waals surface area contributed by atoms with Gasteiger partial charge in [0.25, 0.3) is 0 Å². The van der Waals surface area contributed by atoms with Crippen molar-refractivity contribution in [2.75, 3.05) is 18.9 Å². The van der Waals surface area contributed by atoms with Crippen LogP contribution >= 0.6 is 11.8 Å². The van der Waals surface area contributed by atoms with Crippen molar-refractivity contribution >= 4 is 11.8 Å². The zero-order valence-electron chi connectivity index (χ0n) is 13.0. The molecule has 20 heavy (non-hydrogen) atoms. The van der Waals surface area contributed by atoms with E-state index < -0.39 is 0 Å². The lowest BCUT2D eigenvalue weighted by Crippen LogP contribution is -2.49. The molecule has 1 aliphatic carbocycles. The van der Waals surface area contributed by atoms with E-state index in [1.807, 2.05) is 0 Å². The molecule has 1 spiro atoms. The Morgan fingerprint density at radius 3 is 2.80 bits per heavy atom. The highest BCUT2D eigenvalue weighted by Gasteiger charge is 2.43. The molecule has 3 fully saturated rings. The Morgan fingerprint density at radius 1 is 1.25 bits per heavy atom. The van der Waals surface area contributed by atoms with E-state index in [2.05, 4.69) is 24.0 Å². The Labute approximate surface area is 128 Å². The van der Waals surface area contributed by atoms with E-state index in [9.17, 15) is 0 Å². The van der Waals surface area contributed by atoms with Crippen LogP contribution in [0, 0.1) is 5.92 Å². The van der Waals surface area contributed by atoms with Gasteiger partial charge in [0.2, 0.25) is 0 Å². The minimum atomic E-state index is 0.276. The summed E-state index contributed by atoms with van der Waals surface area (Å²) in [5, 5.41) is 4.78. The molecule has 3 atom stereocenters. The van der Waals surface area contributed by atoms with Gasteiger partial charge in [0.1, 0.15) is 0 Å². The minimum absolute atomic E-state index is 0.276. The first kappa shape index (κ1) is 15.2. The highest BCUT2D eigenvalue weighted by molar-refractivity contribution is 8.00. The first-order chi connectivity index (χ1) is 9.83. The van der Waals surface area contributed by atoms with Crippen LogP contribution in [0.5, 0.6) is 0 Å². The van der Waals surface area contributed by atoms with Gasteiger partial charge in [0.05, 0.1) is 5.60 Å². The van der Waals surface area contributed by atoms with E-state index in [1.165, 1.54) is 70.1 Å². The van der Waals surface area contributed by atoms with E-state index in [0.29, 0.717) is 0 Å². The number of rotatable bonds is 5. The Hall–Kier alpha value is 0.270. The number of hydrogen-bond acceptors (Lipinski definition) is 3. The first-order valence-electron chi connectivity index (χ1n) is 8.82. The van der Waals surface area contributed by atoms with E-state index in [0.717, 1.165) is 23.8 Å². The molecule has 1 N–H and O–H groups in total.